The predicted octanol–water partition coefficient (Wildman–Crippen LogP) is 0.877. The first kappa shape index (κ1) is 15.7. The van der Waals surface area contributed by atoms with Crippen LogP contribution in [-0.2, 0) is 27.2 Å². The third kappa shape index (κ3) is 9.46. The number of carboxylic acid groups (broad SMARTS) is 1. The van der Waals surface area contributed by atoms with E-state index in [0.29, 0.717) is 0 Å². The van der Waals surface area contributed by atoms with Crippen molar-refractivity contribution in [2.75, 3.05) is 0 Å². The molecule has 1 radical (unpaired) electrons. The molecule has 0 aliphatic rings. The van der Waals surface area contributed by atoms with Gasteiger partial charge in [-0.15, -0.1) is 0 Å². The quantitative estimate of drug-likeness (QED) is 0.660. The molecule has 0 saturated carbocycles. The van der Waals surface area contributed by atoms with Crippen molar-refractivity contribution in [3.05, 3.63) is 0 Å². The average Bonchev–Trinajstić information content (AvgIpc) is 1.36. The molecule has 0 spiro atoms. The van der Waals surface area contributed by atoms with Crippen LogP contribution in [0.15, 0.2) is 0 Å². The van der Waals surface area contributed by atoms with Gasteiger partial charge < -0.3 is 5.11 Å². The van der Waals surface area contributed by atoms with Crippen molar-refractivity contribution in [3.63, 3.8) is 0 Å². The first-order chi connectivity index (χ1) is 2.64. The van der Waals surface area contributed by atoms with Gasteiger partial charge in [-0.05, 0) is 0 Å². The Morgan fingerprint density at radius 1 is 1.50 bits per heavy atom. The van der Waals surface area contributed by atoms with E-state index in [1.165, 1.54) is 0 Å². The van der Waals surface area contributed by atoms with Gasteiger partial charge >= 0.3 is 5.97 Å². The van der Waals surface area contributed by atoms with Crippen molar-refractivity contribution in [1.82, 2.24) is 0 Å². The van der Waals surface area contributed by atoms with Gasteiger partial charge in [0.05, 0.1) is 5.92 Å². The zero-order valence-corrected chi connectivity index (χ0v) is 6.12. The molecule has 0 aromatic rings. The van der Waals surface area contributed by atoms with Crippen molar-refractivity contribution in [3.8, 4) is 0 Å². The fraction of sp³-hybridized carbons (Fsp3) is 0.750. The molecule has 2 nitrogen and oxygen atoms in total. The number of carboxylic acids is 1. The van der Waals surface area contributed by atoms with E-state index in [0.717, 1.165) is 0 Å². The summed E-state index contributed by atoms with van der Waals surface area (Å²) in [6.45, 7) is 3.28. The van der Waals surface area contributed by atoms with Gasteiger partial charge in [-0.2, -0.15) is 0 Å². The average molecular weight is 216 g/mol. The summed E-state index contributed by atoms with van der Waals surface area (Å²) >= 11 is 0. The van der Waals surface area contributed by atoms with Crippen LogP contribution in [0.3, 0.4) is 0 Å². The summed E-state index contributed by atoms with van der Waals surface area (Å²) in [6.07, 6.45) is 0. The van der Waals surface area contributed by atoms with Gasteiger partial charge in [-0.25, -0.2) is 0 Å². The molecule has 0 heterocycles. The molecule has 0 fully saturated rings. The second-order valence-corrected chi connectivity index (χ2v) is 1.49. The molecular weight excluding hydrogens is 207 g/mol. The third-order valence-electron chi connectivity index (χ3n) is 0.494. The van der Waals surface area contributed by atoms with Gasteiger partial charge in [0.1, 0.15) is 0 Å². The molecule has 0 bridgehead atoms. The molecule has 0 aromatic carbocycles. The predicted molar refractivity (Wildman–Crippen MR) is 25.0 cm³/mol. The summed E-state index contributed by atoms with van der Waals surface area (Å²) in [4.78, 5) is 9.70. The van der Waals surface area contributed by atoms with Crippen LogP contribution >= 0.6 is 0 Å². The van der Waals surface area contributed by atoms with Gasteiger partial charge in [-0.1, -0.05) is 13.8 Å². The normalized spacial score (nSPS) is 6.88. The van der Waals surface area contributed by atoms with Gasteiger partial charge in [0.2, 0.25) is 0 Å². The minimum Gasteiger partial charge on any atom is -0.481 e. The number of aliphatic carboxylic acids is 1. The van der Waals surface area contributed by atoms with Crippen LogP contribution in [0, 0.1) is 5.92 Å². The smallest absolute Gasteiger partial charge is 0.305 e. The third-order valence-corrected chi connectivity index (χ3v) is 0.494. The standard InChI is InChI=1S/C4H8O2.Ag.FH/c1-3(2)4(5)6;;/h3H,1-2H3,(H,5,6);;1H. The Morgan fingerprint density at radius 3 is 1.62 bits per heavy atom. The Morgan fingerprint density at radius 2 is 1.62 bits per heavy atom. The molecule has 0 atom stereocenters. The fourth-order valence-corrected chi connectivity index (χ4v) is 0. The molecular formula is C4H9AgFO2. The minimum atomic E-state index is -0.741. The van der Waals surface area contributed by atoms with Gasteiger partial charge in [0, 0.05) is 22.4 Å². The van der Waals surface area contributed by atoms with Gasteiger partial charge in [0.25, 0.3) is 0 Å². The second kappa shape index (κ2) is 7.14. The fourth-order valence-electron chi connectivity index (χ4n) is 0. The number of rotatable bonds is 1. The molecule has 0 unspecified atom stereocenters. The van der Waals surface area contributed by atoms with Crippen LogP contribution in [0.1, 0.15) is 13.8 Å². The van der Waals surface area contributed by atoms with Crippen LogP contribution in [0.4, 0.5) is 4.70 Å². The molecule has 8 heavy (non-hydrogen) atoms. The first-order valence-corrected chi connectivity index (χ1v) is 1.87. The molecule has 0 aliphatic carbocycles. The van der Waals surface area contributed by atoms with Crippen LogP contribution in [0.25, 0.3) is 0 Å². The van der Waals surface area contributed by atoms with Crippen LogP contribution < -0.4 is 0 Å². The number of halogens is 1. The molecule has 0 rings (SSSR count). The summed E-state index contributed by atoms with van der Waals surface area (Å²) < 4.78 is 0. The largest absolute Gasteiger partial charge is 0.481 e. The van der Waals surface area contributed by atoms with Crippen molar-refractivity contribution < 1.29 is 37.0 Å². The Bertz CT molecular complexity index is 65.1. The Kier molecular flexibility index (Phi) is 14.0. The maximum absolute atomic E-state index is 9.70. The summed E-state index contributed by atoms with van der Waals surface area (Å²) in [5.74, 6) is -0.972. The van der Waals surface area contributed by atoms with E-state index < -0.39 is 5.97 Å². The Hall–Kier alpha value is 0.140. The Balaban J connectivity index is -0.000000125. The summed E-state index contributed by atoms with van der Waals surface area (Å²) in [7, 11) is 0. The minimum absolute atomic E-state index is 0. The van der Waals surface area contributed by atoms with E-state index in [9.17, 15) is 4.79 Å². The van der Waals surface area contributed by atoms with Crippen LogP contribution in [-0.4, -0.2) is 11.1 Å². The van der Waals surface area contributed by atoms with Crippen molar-refractivity contribution in [2.45, 2.75) is 13.8 Å². The second-order valence-electron chi connectivity index (χ2n) is 1.49. The van der Waals surface area contributed by atoms with Crippen LogP contribution in [0.2, 0.25) is 0 Å². The number of hydrogen-bond acceptors (Lipinski definition) is 1. The first-order valence-electron chi connectivity index (χ1n) is 1.87. The molecule has 1 N–H and O–H groups in total. The molecule has 0 aromatic heterocycles. The van der Waals surface area contributed by atoms with E-state index in [2.05, 4.69) is 0 Å². The number of hydrogen-bond donors (Lipinski definition) is 1. The zero-order valence-electron chi connectivity index (χ0n) is 4.64. The summed E-state index contributed by atoms with van der Waals surface area (Å²) in [5.41, 5.74) is 0. The van der Waals surface area contributed by atoms with Crippen LogP contribution in [0.5, 0.6) is 0 Å². The molecule has 55 valence electrons. The maximum atomic E-state index is 9.70. The van der Waals surface area contributed by atoms with E-state index >= 15 is 0 Å². The van der Waals surface area contributed by atoms with Gasteiger partial charge in [0.15, 0.2) is 0 Å². The summed E-state index contributed by atoms with van der Waals surface area (Å²) in [6, 6.07) is 0. The van der Waals surface area contributed by atoms with Gasteiger partial charge in [-0.3, -0.25) is 9.50 Å². The SMILES string of the molecule is CC(C)C(=O)O.F.[Ag]. The topological polar surface area (TPSA) is 37.3 Å². The maximum Gasteiger partial charge on any atom is 0.305 e. The van der Waals surface area contributed by atoms with Crippen molar-refractivity contribution >= 4 is 5.97 Å². The van der Waals surface area contributed by atoms with E-state index in [1.807, 2.05) is 0 Å². The molecule has 4 heteroatoms. The van der Waals surface area contributed by atoms with E-state index in [4.69, 9.17) is 5.11 Å². The molecule has 0 saturated heterocycles. The summed E-state index contributed by atoms with van der Waals surface area (Å²) in [5, 5.41) is 7.99. The monoisotopic (exact) mass is 215 g/mol. The van der Waals surface area contributed by atoms with Crippen molar-refractivity contribution in [2.24, 2.45) is 5.92 Å². The molecule has 0 aliphatic heterocycles. The van der Waals surface area contributed by atoms with E-state index in [1.54, 1.807) is 13.8 Å². The van der Waals surface area contributed by atoms with Crippen molar-refractivity contribution in [1.29, 1.82) is 0 Å². The zero-order chi connectivity index (χ0) is 5.15. The van der Waals surface area contributed by atoms with E-state index in [-0.39, 0.29) is 33.0 Å². The molecule has 0 amide bonds. The Labute approximate surface area is 63.2 Å². The number of carbonyl (C=O) groups is 1.